The Morgan fingerprint density at radius 3 is 2.12 bits per heavy atom. The normalized spacial score (nSPS) is 11.4. The highest BCUT2D eigenvalue weighted by atomic mass is 32.2. The van der Waals surface area contributed by atoms with E-state index in [4.69, 9.17) is 5.11 Å². The maximum absolute atomic E-state index is 10.5. The predicted molar refractivity (Wildman–Crippen MR) is 68.8 cm³/mol. The third kappa shape index (κ3) is 5.21. The van der Waals surface area contributed by atoms with Gasteiger partial charge in [-0.05, 0) is 11.1 Å². The van der Waals surface area contributed by atoms with Gasteiger partial charge in [0.05, 0.1) is 6.42 Å². The first-order chi connectivity index (χ1) is 7.37. The fraction of sp³-hybridized carbons (Fsp3) is 0.462. The first-order valence-electron chi connectivity index (χ1n) is 5.30. The molecule has 2 nitrogen and oxygen atoms in total. The van der Waals surface area contributed by atoms with Crippen LogP contribution >= 0.6 is 11.8 Å². The molecule has 0 unspecified atom stereocenters. The standard InChI is InChI=1S/C13H18O2S/c1-13(2,3)16-9-11-6-4-10(5-7-11)8-12(14)15/h4-7H,8-9H2,1-3H3,(H,14,15). The second-order valence-electron chi connectivity index (χ2n) is 4.79. The van der Waals surface area contributed by atoms with Crippen molar-refractivity contribution in [3.05, 3.63) is 35.4 Å². The number of rotatable bonds is 4. The van der Waals surface area contributed by atoms with Crippen LogP contribution in [0, 0.1) is 0 Å². The number of carbonyl (C=O) groups is 1. The quantitative estimate of drug-likeness (QED) is 0.874. The summed E-state index contributed by atoms with van der Waals surface area (Å²) in [6, 6.07) is 7.81. The smallest absolute Gasteiger partial charge is 0.307 e. The van der Waals surface area contributed by atoms with Crippen molar-refractivity contribution in [3.8, 4) is 0 Å². The van der Waals surface area contributed by atoms with Crippen LogP contribution in [0.25, 0.3) is 0 Å². The molecule has 0 atom stereocenters. The lowest BCUT2D eigenvalue weighted by molar-refractivity contribution is -0.136. The van der Waals surface area contributed by atoms with Gasteiger partial charge in [-0.15, -0.1) is 0 Å². The summed E-state index contributed by atoms with van der Waals surface area (Å²) in [6.45, 7) is 6.57. The van der Waals surface area contributed by atoms with Crippen LogP contribution in [-0.4, -0.2) is 15.8 Å². The molecule has 16 heavy (non-hydrogen) atoms. The number of carboxylic acid groups (broad SMARTS) is 1. The van der Waals surface area contributed by atoms with E-state index in [-0.39, 0.29) is 11.2 Å². The van der Waals surface area contributed by atoms with Crippen molar-refractivity contribution in [2.45, 2.75) is 37.7 Å². The average Bonchev–Trinajstić information content (AvgIpc) is 2.14. The summed E-state index contributed by atoms with van der Waals surface area (Å²) in [6.07, 6.45) is 0.104. The molecule has 0 fully saturated rings. The molecule has 0 heterocycles. The number of aliphatic carboxylic acids is 1. The van der Waals surface area contributed by atoms with Crippen LogP contribution in [-0.2, 0) is 17.0 Å². The first kappa shape index (κ1) is 13.1. The monoisotopic (exact) mass is 238 g/mol. The first-order valence-corrected chi connectivity index (χ1v) is 6.29. The molecular weight excluding hydrogens is 220 g/mol. The Morgan fingerprint density at radius 1 is 1.19 bits per heavy atom. The predicted octanol–water partition coefficient (Wildman–Crippen LogP) is 3.35. The fourth-order valence-corrected chi connectivity index (χ4v) is 2.02. The maximum atomic E-state index is 10.5. The van der Waals surface area contributed by atoms with Crippen LogP contribution in [0.4, 0.5) is 0 Å². The van der Waals surface area contributed by atoms with Gasteiger partial charge < -0.3 is 5.11 Å². The van der Waals surface area contributed by atoms with Crippen molar-refractivity contribution < 1.29 is 9.90 Å². The van der Waals surface area contributed by atoms with E-state index in [0.29, 0.717) is 0 Å². The Labute approximate surface area is 101 Å². The van der Waals surface area contributed by atoms with Crippen LogP contribution in [0.5, 0.6) is 0 Å². The number of thioether (sulfide) groups is 1. The minimum absolute atomic E-state index is 0.104. The number of carboxylic acids is 1. The second-order valence-corrected chi connectivity index (χ2v) is 6.59. The van der Waals surface area contributed by atoms with Crippen LogP contribution in [0.3, 0.4) is 0 Å². The SMILES string of the molecule is CC(C)(C)SCc1ccc(CC(=O)O)cc1. The summed E-state index contributed by atoms with van der Waals surface area (Å²) in [7, 11) is 0. The molecule has 1 aromatic carbocycles. The Kier molecular flexibility index (Phi) is 4.42. The average molecular weight is 238 g/mol. The molecule has 0 spiro atoms. The largest absolute Gasteiger partial charge is 0.481 e. The summed E-state index contributed by atoms with van der Waals surface area (Å²) in [5, 5.41) is 8.64. The molecule has 1 aromatic rings. The fourth-order valence-electron chi connectivity index (χ4n) is 1.23. The number of hydrogen-bond acceptors (Lipinski definition) is 2. The molecule has 1 rings (SSSR count). The van der Waals surface area contributed by atoms with E-state index in [1.807, 2.05) is 36.0 Å². The van der Waals surface area contributed by atoms with Gasteiger partial charge in [0.2, 0.25) is 0 Å². The van der Waals surface area contributed by atoms with E-state index in [1.165, 1.54) is 5.56 Å². The zero-order valence-corrected chi connectivity index (χ0v) is 10.8. The molecule has 0 bridgehead atoms. The molecule has 0 amide bonds. The van der Waals surface area contributed by atoms with Crippen LogP contribution < -0.4 is 0 Å². The Hall–Kier alpha value is -0.960. The minimum Gasteiger partial charge on any atom is -0.481 e. The molecule has 0 saturated heterocycles. The van der Waals surface area contributed by atoms with Gasteiger partial charge in [-0.2, -0.15) is 11.8 Å². The van der Waals surface area contributed by atoms with Gasteiger partial charge >= 0.3 is 5.97 Å². The number of benzene rings is 1. The second kappa shape index (κ2) is 5.39. The van der Waals surface area contributed by atoms with E-state index in [1.54, 1.807) is 0 Å². The zero-order valence-electron chi connectivity index (χ0n) is 9.99. The highest BCUT2D eigenvalue weighted by Crippen LogP contribution is 2.27. The lowest BCUT2D eigenvalue weighted by Gasteiger charge is -2.17. The third-order valence-corrected chi connectivity index (χ3v) is 3.39. The molecular formula is C13H18O2S. The summed E-state index contributed by atoms with van der Waals surface area (Å²) in [4.78, 5) is 10.5. The maximum Gasteiger partial charge on any atom is 0.307 e. The Balaban J connectivity index is 2.55. The molecule has 3 heteroatoms. The minimum atomic E-state index is -0.781. The van der Waals surface area contributed by atoms with Crippen molar-refractivity contribution in [3.63, 3.8) is 0 Å². The molecule has 88 valence electrons. The topological polar surface area (TPSA) is 37.3 Å². The Bertz CT molecular complexity index is 349. The van der Waals surface area contributed by atoms with Crippen molar-refractivity contribution in [2.24, 2.45) is 0 Å². The van der Waals surface area contributed by atoms with Gasteiger partial charge in [0.15, 0.2) is 0 Å². The summed E-state index contributed by atoms with van der Waals surface area (Å²) in [5.41, 5.74) is 2.10. The van der Waals surface area contributed by atoms with Gasteiger partial charge in [0.25, 0.3) is 0 Å². The zero-order chi connectivity index (χ0) is 12.2. The molecule has 0 saturated carbocycles. The molecule has 0 aliphatic carbocycles. The van der Waals surface area contributed by atoms with Crippen LogP contribution in [0.2, 0.25) is 0 Å². The van der Waals surface area contributed by atoms with Gasteiger partial charge in [-0.25, -0.2) is 0 Å². The van der Waals surface area contributed by atoms with Crippen molar-refractivity contribution in [1.82, 2.24) is 0 Å². The summed E-state index contributed by atoms with van der Waals surface area (Å²) < 4.78 is 0.264. The van der Waals surface area contributed by atoms with Gasteiger partial charge in [0, 0.05) is 10.5 Å². The van der Waals surface area contributed by atoms with Crippen LogP contribution in [0.1, 0.15) is 31.9 Å². The van der Waals surface area contributed by atoms with E-state index in [9.17, 15) is 4.79 Å². The van der Waals surface area contributed by atoms with Crippen molar-refractivity contribution in [1.29, 1.82) is 0 Å². The van der Waals surface area contributed by atoms with Crippen LogP contribution in [0.15, 0.2) is 24.3 Å². The van der Waals surface area contributed by atoms with E-state index < -0.39 is 5.97 Å². The van der Waals surface area contributed by atoms with E-state index in [2.05, 4.69) is 20.8 Å². The van der Waals surface area contributed by atoms with E-state index >= 15 is 0 Å². The molecule has 0 aromatic heterocycles. The lowest BCUT2D eigenvalue weighted by atomic mass is 10.1. The highest BCUT2D eigenvalue weighted by Gasteiger charge is 2.10. The third-order valence-electron chi connectivity index (χ3n) is 2.05. The van der Waals surface area contributed by atoms with Gasteiger partial charge in [-0.1, -0.05) is 45.0 Å². The van der Waals surface area contributed by atoms with Crippen molar-refractivity contribution in [2.75, 3.05) is 0 Å². The molecule has 0 aliphatic heterocycles. The Morgan fingerprint density at radius 2 is 1.69 bits per heavy atom. The lowest BCUT2D eigenvalue weighted by Crippen LogP contribution is -2.07. The number of hydrogen-bond donors (Lipinski definition) is 1. The van der Waals surface area contributed by atoms with E-state index in [0.717, 1.165) is 11.3 Å². The summed E-state index contributed by atoms with van der Waals surface area (Å²) in [5.74, 6) is 0.188. The summed E-state index contributed by atoms with van der Waals surface area (Å²) >= 11 is 1.89. The molecule has 0 radical (unpaired) electrons. The highest BCUT2D eigenvalue weighted by molar-refractivity contribution is 7.99. The molecule has 1 N–H and O–H groups in total. The van der Waals surface area contributed by atoms with Gasteiger partial charge in [0.1, 0.15) is 0 Å². The van der Waals surface area contributed by atoms with Crippen molar-refractivity contribution >= 4 is 17.7 Å². The molecule has 0 aliphatic rings. The van der Waals surface area contributed by atoms with Gasteiger partial charge in [-0.3, -0.25) is 4.79 Å².